The Kier molecular flexibility index (Phi) is 5.62. The molecule has 1 aromatic carbocycles. The topological polar surface area (TPSA) is 66.6 Å². The molecule has 0 amide bonds. The van der Waals surface area contributed by atoms with Crippen LogP contribution in [-0.2, 0) is 17.6 Å². The van der Waals surface area contributed by atoms with Gasteiger partial charge in [-0.25, -0.2) is 9.97 Å². The SMILES string of the molecule is CC(=O)CCCc1ccc(Cc2cc(C#N)nc(Cl)n2)cc1. The summed E-state index contributed by atoms with van der Waals surface area (Å²) in [5.41, 5.74) is 3.30. The van der Waals surface area contributed by atoms with E-state index in [0.29, 0.717) is 12.8 Å². The zero-order chi connectivity index (χ0) is 15.9. The van der Waals surface area contributed by atoms with Gasteiger partial charge in [-0.2, -0.15) is 5.26 Å². The van der Waals surface area contributed by atoms with Crippen LogP contribution >= 0.6 is 11.6 Å². The van der Waals surface area contributed by atoms with Gasteiger partial charge in [-0.1, -0.05) is 24.3 Å². The van der Waals surface area contributed by atoms with E-state index in [1.54, 1.807) is 13.0 Å². The average Bonchev–Trinajstić information content (AvgIpc) is 2.48. The molecule has 1 heterocycles. The molecule has 4 nitrogen and oxygen atoms in total. The summed E-state index contributed by atoms with van der Waals surface area (Å²) in [6.07, 6.45) is 3.00. The molecule has 1 aromatic heterocycles. The van der Waals surface area contributed by atoms with E-state index >= 15 is 0 Å². The summed E-state index contributed by atoms with van der Waals surface area (Å²) in [5.74, 6) is 0.227. The summed E-state index contributed by atoms with van der Waals surface area (Å²) in [7, 11) is 0. The molecule has 0 bridgehead atoms. The van der Waals surface area contributed by atoms with Crippen LogP contribution in [0.5, 0.6) is 0 Å². The Bertz CT molecular complexity index is 705. The molecule has 5 heteroatoms. The van der Waals surface area contributed by atoms with Crippen LogP contribution in [-0.4, -0.2) is 15.8 Å². The van der Waals surface area contributed by atoms with Gasteiger partial charge in [-0.15, -0.1) is 0 Å². The van der Waals surface area contributed by atoms with E-state index in [9.17, 15) is 4.79 Å². The molecule has 0 aliphatic carbocycles. The second-order valence-electron chi connectivity index (χ2n) is 5.17. The number of Topliss-reactive ketones (excluding diaryl/α,β-unsaturated/α-hetero) is 1. The van der Waals surface area contributed by atoms with Gasteiger partial charge in [0, 0.05) is 12.8 Å². The van der Waals surface area contributed by atoms with Crippen molar-refractivity contribution in [1.29, 1.82) is 5.26 Å². The standard InChI is InChI=1S/C17H16ClN3O/c1-12(22)3-2-4-13-5-7-14(8-6-13)9-15-10-16(11-19)21-17(18)20-15/h5-8,10H,2-4,9H2,1H3. The maximum absolute atomic E-state index is 10.9. The third-order valence-corrected chi connectivity index (χ3v) is 3.44. The molecule has 0 aliphatic heterocycles. The maximum Gasteiger partial charge on any atom is 0.223 e. The number of aromatic nitrogens is 2. The van der Waals surface area contributed by atoms with Gasteiger partial charge in [0.05, 0.1) is 5.69 Å². The highest BCUT2D eigenvalue weighted by atomic mass is 35.5. The van der Waals surface area contributed by atoms with Gasteiger partial charge in [0.1, 0.15) is 17.5 Å². The molecule has 0 aliphatic rings. The molecule has 0 unspecified atom stereocenters. The van der Waals surface area contributed by atoms with Gasteiger partial charge in [0.25, 0.3) is 0 Å². The van der Waals surface area contributed by atoms with Gasteiger partial charge in [0.15, 0.2) is 0 Å². The van der Waals surface area contributed by atoms with E-state index in [0.717, 1.165) is 24.1 Å². The molecule has 0 fully saturated rings. The van der Waals surface area contributed by atoms with Gasteiger partial charge in [0.2, 0.25) is 5.28 Å². The van der Waals surface area contributed by atoms with Gasteiger partial charge in [-0.05, 0) is 48.6 Å². The molecular weight excluding hydrogens is 298 g/mol. The third kappa shape index (κ3) is 4.94. The summed E-state index contributed by atoms with van der Waals surface area (Å²) in [6, 6.07) is 11.8. The van der Waals surface area contributed by atoms with Crippen LogP contribution < -0.4 is 0 Å². The lowest BCUT2D eigenvalue weighted by Gasteiger charge is -2.05. The summed E-state index contributed by atoms with van der Waals surface area (Å²) < 4.78 is 0. The highest BCUT2D eigenvalue weighted by molar-refractivity contribution is 6.28. The number of aryl methyl sites for hydroxylation is 1. The Morgan fingerprint density at radius 2 is 1.91 bits per heavy atom. The van der Waals surface area contributed by atoms with Crippen LogP contribution in [0.3, 0.4) is 0 Å². The van der Waals surface area contributed by atoms with E-state index in [4.69, 9.17) is 16.9 Å². The van der Waals surface area contributed by atoms with Gasteiger partial charge < -0.3 is 4.79 Å². The monoisotopic (exact) mass is 313 g/mol. The van der Waals surface area contributed by atoms with Crippen molar-refractivity contribution in [3.63, 3.8) is 0 Å². The summed E-state index contributed by atoms with van der Waals surface area (Å²) in [5, 5.41) is 8.98. The first-order valence-electron chi connectivity index (χ1n) is 7.07. The number of benzene rings is 1. The summed E-state index contributed by atoms with van der Waals surface area (Å²) in [4.78, 5) is 18.9. The predicted octanol–water partition coefficient (Wildman–Crippen LogP) is 3.50. The summed E-state index contributed by atoms with van der Waals surface area (Å²) in [6.45, 7) is 1.62. The normalized spacial score (nSPS) is 10.2. The second kappa shape index (κ2) is 7.67. The number of carbonyl (C=O) groups is 1. The van der Waals surface area contributed by atoms with E-state index < -0.39 is 0 Å². The van der Waals surface area contributed by atoms with Crippen LogP contribution in [0, 0.1) is 11.3 Å². The van der Waals surface area contributed by atoms with E-state index in [1.807, 2.05) is 18.2 Å². The van der Waals surface area contributed by atoms with Crippen molar-refractivity contribution in [2.45, 2.75) is 32.6 Å². The van der Waals surface area contributed by atoms with Crippen LogP contribution in [0.1, 0.15) is 42.3 Å². The van der Waals surface area contributed by atoms with Gasteiger partial charge >= 0.3 is 0 Å². The molecule has 112 valence electrons. The lowest BCUT2D eigenvalue weighted by Crippen LogP contribution is -1.97. The minimum absolute atomic E-state index is 0.0925. The fraction of sp³-hybridized carbons (Fsp3) is 0.294. The van der Waals surface area contributed by atoms with Crippen molar-refractivity contribution in [2.75, 3.05) is 0 Å². The first-order chi connectivity index (χ1) is 10.6. The number of hydrogen-bond acceptors (Lipinski definition) is 4. The van der Waals surface area contributed by atoms with E-state index in [2.05, 4.69) is 22.1 Å². The fourth-order valence-electron chi connectivity index (χ4n) is 2.19. The molecule has 2 aromatic rings. The lowest BCUT2D eigenvalue weighted by molar-refractivity contribution is -0.117. The Balaban J connectivity index is 2.01. The van der Waals surface area contributed by atoms with Crippen molar-refractivity contribution >= 4 is 17.4 Å². The number of halogens is 1. The smallest absolute Gasteiger partial charge is 0.223 e. The van der Waals surface area contributed by atoms with Crippen molar-refractivity contribution < 1.29 is 4.79 Å². The predicted molar refractivity (Wildman–Crippen MR) is 84.6 cm³/mol. The molecule has 0 saturated carbocycles. The van der Waals surface area contributed by atoms with E-state index in [1.165, 1.54) is 5.56 Å². The Hall–Kier alpha value is -2.25. The number of nitriles is 1. The van der Waals surface area contributed by atoms with Crippen LogP contribution in [0.15, 0.2) is 30.3 Å². The molecule has 22 heavy (non-hydrogen) atoms. The van der Waals surface area contributed by atoms with Crippen molar-refractivity contribution in [2.24, 2.45) is 0 Å². The molecule has 0 N–H and O–H groups in total. The van der Waals surface area contributed by atoms with Crippen LogP contribution in [0.2, 0.25) is 5.28 Å². The Labute approximate surface area is 134 Å². The molecule has 0 radical (unpaired) electrons. The number of ketones is 1. The largest absolute Gasteiger partial charge is 0.300 e. The van der Waals surface area contributed by atoms with Crippen LogP contribution in [0.4, 0.5) is 0 Å². The average molecular weight is 314 g/mol. The Morgan fingerprint density at radius 3 is 2.55 bits per heavy atom. The maximum atomic E-state index is 10.9. The minimum Gasteiger partial charge on any atom is -0.300 e. The van der Waals surface area contributed by atoms with Crippen molar-refractivity contribution in [3.05, 3.63) is 58.1 Å². The number of rotatable bonds is 6. The Morgan fingerprint density at radius 1 is 1.23 bits per heavy atom. The highest BCUT2D eigenvalue weighted by Gasteiger charge is 2.04. The highest BCUT2D eigenvalue weighted by Crippen LogP contribution is 2.13. The molecule has 0 spiro atoms. The van der Waals surface area contributed by atoms with Gasteiger partial charge in [-0.3, -0.25) is 0 Å². The fourth-order valence-corrected chi connectivity index (χ4v) is 2.39. The molecule has 0 atom stereocenters. The molecular formula is C17H16ClN3O. The number of hydrogen-bond donors (Lipinski definition) is 0. The first-order valence-corrected chi connectivity index (χ1v) is 7.45. The van der Waals surface area contributed by atoms with Crippen molar-refractivity contribution in [1.82, 2.24) is 9.97 Å². The van der Waals surface area contributed by atoms with E-state index in [-0.39, 0.29) is 16.8 Å². The third-order valence-electron chi connectivity index (χ3n) is 3.27. The minimum atomic E-state index is 0.0925. The lowest BCUT2D eigenvalue weighted by atomic mass is 10.0. The number of carbonyl (C=O) groups excluding carboxylic acids is 1. The summed E-state index contributed by atoms with van der Waals surface area (Å²) >= 11 is 5.80. The zero-order valence-electron chi connectivity index (χ0n) is 12.3. The zero-order valence-corrected chi connectivity index (χ0v) is 13.1. The molecule has 2 rings (SSSR count). The van der Waals surface area contributed by atoms with Crippen LogP contribution in [0.25, 0.3) is 0 Å². The first kappa shape index (κ1) is 16.1. The quantitative estimate of drug-likeness (QED) is 0.765. The number of nitrogens with zero attached hydrogens (tertiary/aromatic N) is 3. The van der Waals surface area contributed by atoms with Crippen molar-refractivity contribution in [3.8, 4) is 6.07 Å². The second-order valence-corrected chi connectivity index (χ2v) is 5.51. The molecule has 0 saturated heterocycles.